The Morgan fingerprint density at radius 3 is 2.42 bits per heavy atom. The van der Waals surface area contributed by atoms with Crippen LogP contribution in [0.5, 0.6) is 5.75 Å². The second kappa shape index (κ2) is 9.33. The zero-order valence-electron chi connectivity index (χ0n) is 18.1. The second-order valence-electron chi connectivity index (χ2n) is 8.09. The van der Waals surface area contributed by atoms with Gasteiger partial charge in [0, 0.05) is 6.54 Å². The van der Waals surface area contributed by atoms with E-state index in [1.807, 2.05) is 12.1 Å². The van der Waals surface area contributed by atoms with Gasteiger partial charge in [0.2, 0.25) is 5.62 Å². The van der Waals surface area contributed by atoms with Crippen molar-refractivity contribution in [2.75, 3.05) is 0 Å². The molecule has 33 heavy (non-hydrogen) atoms. The number of carbonyl (C=O) groups is 1. The highest BCUT2D eigenvalue weighted by atomic mass is 35.5. The highest BCUT2D eigenvalue weighted by Crippen LogP contribution is 2.27. The predicted octanol–water partition coefficient (Wildman–Crippen LogP) is 2.73. The first-order valence-electron chi connectivity index (χ1n) is 9.94. The molecule has 0 unspecified atom stereocenters. The number of phenolic OH excluding ortho intramolecular Hbond substituents is 1. The van der Waals surface area contributed by atoms with Gasteiger partial charge in [-0.3, -0.25) is 14.3 Å². The molecule has 0 spiro atoms. The molecule has 1 heterocycles. The zero-order valence-corrected chi connectivity index (χ0v) is 18.8. The summed E-state index contributed by atoms with van der Waals surface area (Å²) >= 11 is 5.95. The number of H-pyrrole nitrogens is 1. The second-order valence-corrected chi connectivity index (χ2v) is 8.50. The number of rotatable bonds is 7. The van der Waals surface area contributed by atoms with Crippen LogP contribution < -0.4 is 17.0 Å². The van der Waals surface area contributed by atoms with E-state index in [4.69, 9.17) is 11.6 Å². The topological polar surface area (TPSA) is 130 Å². The van der Waals surface area contributed by atoms with E-state index in [0.29, 0.717) is 5.69 Å². The van der Waals surface area contributed by atoms with Crippen LogP contribution in [0.3, 0.4) is 0 Å². The van der Waals surface area contributed by atoms with Crippen LogP contribution in [-0.4, -0.2) is 30.3 Å². The maximum absolute atomic E-state index is 13.3. The third kappa shape index (κ3) is 5.32. The summed E-state index contributed by atoms with van der Waals surface area (Å²) in [5.74, 6) is -1.28. The fourth-order valence-electron chi connectivity index (χ4n) is 3.02. The number of aromatic amines is 1. The van der Waals surface area contributed by atoms with Crippen molar-refractivity contribution in [3.05, 3.63) is 91.8 Å². The molecule has 0 saturated heterocycles. The highest BCUT2D eigenvalue weighted by molar-refractivity contribution is 6.32. The molecule has 9 nitrogen and oxygen atoms in total. The Kier molecular flexibility index (Phi) is 6.73. The number of phenols is 1. The maximum atomic E-state index is 13.3. The molecule has 2 aromatic carbocycles. The minimum atomic E-state index is -1.36. The first kappa shape index (κ1) is 23.8. The number of nitrogens with one attached hydrogen (secondary N) is 1. The Labute approximate surface area is 193 Å². The first-order valence-corrected chi connectivity index (χ1v) is 10.3. The van der Waals surface area contributed by atoms with E-state index in [-0.39, 0.29) is 29.5 Å². The van der Waals surface area contributed by atoms with Gasteiger partial charge in [0.1, 0.15) is 5.75 Å². The van der Waals surface area contributed by atoms with Gasteiger partial charge in [-0.05, 0) is 43.2 Å². The lowest BCUT2D eigenvalue weighted by Gasteiger charge is -2.20. The van der Waals surface area contributed by atoms with E-state index >= 15 is 0 Å². The van der Waals surface area contributed by atoms with Crippen LogP contribution in [0.15, 0.2) is 63.6 Å². The number of carboxylic acid groups (broad SMARTS) is 1. The molecule has 0 aliphatic rings. The smallest absolute Gasteiger partial charge is 0.335 e. The number of aromatic hydroxyl groups is 1. The summed E-state index contributed by atoms with van der Waals surface area (Å²) in [6.45, 7) is 6.29. The monoisotopic (exact) mass is 470 g/mol. The third-order valence-corrected chi connectivity index (χ3v) is 5.34. The quantitative estimate of drug-likeness (QED) is 0.489. The zero-order chi connectivity index (χ0) is 24.3. The van der Waals surface area contributed by atoms with Gasteiger partial charge in [-0.1, -0.05) is 48.5 Å². The molecule has 0 amide bonds. The van der Waals surface area contributed by atoms with Crippen molar-refractivity contribution in [2.24, 2.45) is 10.4 Å². The molecule has 3 N–H and O–H groups in total. The van der Waals surface area contributed by atoms with Crippen LogP contribution in [0, 0.1) is 5.41 Å². The maximum Gasteiger partial charge on any atom is 0.335 e. The van der Waals surface area contributed by atoms with Crippen molar-refractivity contribution in [3.63, 3.8) is 0 Å². The van der Waals surface area contributed by atoms with Gasteiger partial charge < -0.3 is 10.2 Å². The van der Waals surface area contributed by atoms with Crippen LogP contribution in [0.25, 0.3) is 6.08 Å². The molecule has 10 heteroatoms. The lowest BCUT2D eigenvalue weighted by atomic mass is 9.94. The number of nitrogens with zero attached hydrogens (tertiary/aromatic N) is 3. The minimum absolute atomic E-state index is 0.0519. The van der Waals surface area contributed by atoms with Gasteiger partial charge in [-0.25, -0.2) is 19.1 Å². The number of hydrogen-bond donors (Lipinski definition) is 3. The number of halogens is 1. The van der Waals surface area contributed by atoms with Gasteiger partial charge in [0.05, 0.1) is 22.7 Å². The molecule has 172 valence electrons. The molecule has 0 atom stereocenters. The Morgan fingerprint density at radius 2 is 1.85 bits per heavy atom. The summed E-state index contributed by atoms with van der Waals surface area (Å²) in [6.07, 6.45) is 1.69. The fourth-order valence-corrected chi connectivity index (χ4v) is 3.19. The van der Waals surface area contributed by atoms with Gasteiger partial charge in [-0.2, -0.15) is 0 Å². The van der Waals surface area contributed by atoms with Crippen LogP contribution in [0.2, 0.25) is 5.02 Å². The largest absolute Gasteiger partial charge is 0.506 e. The van der Waals surface area contributed by atoms with Gasteiger partial charge in [-0.15, -0.1) is 0 Å². The van der Waals surface area contributed by atoms with Crippen molar-refractivity contribution < 1.29 is 15.0 Å². The van der Waals surface area contributed by atoms with Crippen LogP contribution in [0.4, 0.5) is 5.69 Å². The van der Waals surface area contributed by atoms with Crippen molar-refractivity contribution in [2.45, 2.75) is 26.9 Å². The molecule has 0 bridgehead atoms. The lowest BCUT2D eigenvalue weighted by molar-refractivity contribution is -0.147. The summed E-state index contributed by atoms with van der Waals surface area (Å²) in [6, 6.07) is 11.5. The fraction of sp³-hybridized carbons (Fsp3) is 0.217. The number of hydrogen-bond acceptors (Lipinski definition) is 5. The highest BCUT2D eigenvalue weighted by Gasteiger charge is 2.29. The van der Waals surface area contributed by atoms with E-state index in [1.54, 1.807) is 18.2 Å². The average molecular weight is 471 g/mol. The Balaban J connectivity index is 2.22. The van der Waals surface area contributed by atoms with Gasteiger partial charge >= 0.3 is 17.3 Å². The standard InChI is InChI=1S/C23H23ClN4O5/c1-4-14-5-7-15(8-6-14)12-27-20(25-16-9-10-18(29)17(24)11-16)26-21(32)28(22(27)33)13-23(2,3)19(30)31/h4-11,29H,1,12-13H2,2-3H3,(H,30,31)(H,25,26,32). The van der Waals surface area contributed by atoms with E-state index < -0.39 is 22.8 Å². The SMILES string of the molecule is C=Cc1ccc(Cn2c(=O)n(CC(C)(C)C(=O)O)c(=O)[nH]/c2=N\c2ccc(O)c(Cl)c2)cc1. The van der Waals surface area contributed by atoms with Crippen molar-refractivity contribution >= 4 is 29.3 Å². The first-order chi connectivity index (χ1) is 15.5. The molecular weight excluding hydrogens is 448 g/mol. The molecule has 1 aromatic heterocycles. The van der Waals surface area contributed by atoms with E-state index in [0.717, 1.165) is 15.7 Å². The summed E-state index contributed by atoms with van der Waals surface area (Å²) in [5, 5.41) is 19.1. The summed E-state index contributed by atoms with van der Waals surface area (Å²) in [5.41, 5.74) is -0.978. The molecule has 0 aliphatic heterocycles. The predicted molar refractivity (Wildman–Crippen MR) is 125 cm³/mol. The summed E-state index contributed by atoms with van der Waals surface area (Å²) in [7, 11) is 0. The molecule has 0 aliphatic carbocycles. The molecule has 0 radical (unpaired) electrons. The number of aliphatic carboxylic acids is 1. The number of aromatic nitrogens is 3. The Bertz CT molecular complexity index is 1400. The lowest BCUT2D eigenvalue weighted by Crippen LogP contribution is -2.52. The van der Waals surface area contributed by atoms with E-state index in [9.17, 15) is 24.6 Å². The van der Waals surface area contributed by atoms with Crippen molar-refractivity contribution in [1.29, 1.82) is 0 Å². The molecule has 3 rings (SSSR count). The van der Waals surface area contributed by atoms with E-state index in [2.05, 4.69) is 16.6 Å². The normalized spacial score (nSPS) is 12.0. The van der Waals surface area contributed by atoms with Crippen molar-refractivity contribution in [1.82, 2.24) is 14.1 Å². The molecular formula is C23H23ClN4O5. The molecule has 0 saturated carbocycles. The van der Waals surface area contributed by atoms with Gasteiger partial charge in [0.15, 0.2) is 0 Å². The number of benzene rings is 2. The minimum Gasteiger partial charge on any atom is -0.506 e. The number of carboxylic acids is 1. The Hall–Kier alpha value is -3.85. The Morgan fingerprint density at radius 1 is 1.18 bits per heavy atom. The molecule has 3 aromatic rings. The van der Waals surface area contributed by atoms with Crippen molar-refractivity contribution in [3.8, 4) is 5.75 Å². The summed E-state index contributed by atoms with van der Waals surface area (Å²) in [4.78, 5) is 44.5. The third-order valence-electron chi connectivity index (χ3n) is 5.04. The van der Waals surface area contributed by atoms with E-state index in [1.165, 1.54) is 36.6 Å². The molecule has 0 fully saturated rings. The van der Waals surface area contributed by atoms with Crippen LogP contribution in [0.1, 0.15) is 25.0 Å². The summed E-state index contributed by atoms with van der Waals surface area (Å²) < 4.78 is 2.08. The average Bonchev–Trinajstić information content (AvgIpc) is 2.77. The van der Waals surface area contributed by atoms with Gasteiger partial charge in [0.25, 0.3) is 0 Å². The van der Waals surface area contributed by atoms with Crippen LogP contribution >= 0.6 is 11.6 Å². The van der Waals surface area contributed by atoms with Crippen LogP contribution in [-0.2, 0) is 17.9 Å².